The summed E-state index contributed by atoms with van der Waals surface area (Å²) in [6, 6.07) is 3.18. The molecule has 120 valence electrons. The fourth-order valence-corrected chi connectivity index (χ4v) is 1.97. The Bertz CT molecular complexity index is 600. The number of aliphatic hydroxyl groups is 1. The summed E-state index contributed by atoms with van der Waals surface area (Å²) in [6.07, 6.45) is 5.92. The van der Waals surface area contributed by atoms with Crippen LogP contribution in [-0.2, 0) is 6.42 Å². The van der Waals surface area contributed by atoms with E-state index in [2.05, 4.69) is 0 Å². The lowest BCUT2D eigenvalue weighted by Gasteiger charge is -2.14. The van der Waals surface area contributed by atoms with Crippen LogP contribution in [-0.4, -0.2) is 28.9 Å². The van der Waals surface area contributed by atoms with E-state index in [9.17, 15) is 15.0 Å². The van der Waals surface area contributed by atoms with Gasteiger partial charge in [0.2, 0.25) is 0 Å². The van der Waals surface area contributed by atoms with Crippen LogP contribution in [0.1, 0.15) is 49.2 Å². The van der Waals surface area contributed by atoms with Crippen molar-refractivity contribution < 1.29 is 19.7 Å². The molecule has 2 N–H and O–H groups in total. The van der Waals surface area contributed by atoms with Crippen LogP contribution in [0.25, 0.3) is 6.08 Å². The number of hydrogen-bond acceptors (Lipinski definition) is 3. The number of carbonyl (C=O) groups is 1. The van der Waals surface area contributed by atoms with Gasteiger partial charge in [0.25, 0.3) is 0 Å². The summed E-state index contributed by atoms with van der Waals surface area (Å²) in [5, 5.41) is 19.1. The van der Waals surface area contributed by atoms with Crippen LogP contribution in [0.5, 0.6) is 5.75 Å². The summed E-state index contributed by atoms with van der Waals surface area (Å²) in [4.78, 5) is 11.3. The molecule has 0 radical (unpaired) electrons. The second-order valence-electron chi connectivity index (χ2n) is 6.04. The highest BCUT2D eigenvalue weighted by molar-refractivity contribution is 5.89. The van der Waals surface area contributed by atoms with Crippen LogP contribution in [0, 0.1) is 0 Å². The van der Waals surface area contributed by atoms with E-state index in [4.69, 9.17) is 4.74 Å². The first-order valence-corrected chi connectivity index (χ1v) is 7.13. The van der Waals surface area contributed by atoms with Gasteiger partial charge in [-0.2, -0.15) is 0 Å². The Balaban J connectivity index is 3.42. The van der Waals surface area contributed by atoms with E-state index < -0.39 is 11.6 Å². The molecule has 0 saturated carbocycles. The average Bonchev–Trinajstić information content (AvgIpc) is 2.41. The van der Waals surface area contributed by atoms with Gasteiger partial charge < -0.3 is 14.9 Å². The van der Waals surface area contributed by atoms with Gasteiger partial charge in [0.15, 0.2) is 0 Å². The number of allylic oxidation sites excluding steroid dienone is 2. The molecule has 0 aliphatic heterocycles. The third-order valence-corrected chi connectivity index (χ3v) is 3.05. The molecule has 4 heteroatoms. The van der Waals surface area contributed by atoms with Gasteiger partial charge in [-0.05, 0) is 51.8 Å². The topological polar surface area (TPSA) is 66.8 Å². The minimum Gasteiger partial charge on any atom is -0.496 e. The molecule has 0 fully saturated rings. The van der Waals surface area contributed by atoms with Crippen molar-refractivity contribution in [2.24, 2.45) is 0 Å². The van der Waals surface area contributed by atoms with E-state index in [-0.39, 0.29) is 5.56 Å². The minimum atomic E-state index is -0.987. The van der Waals surface area contributed by atoms with Crippen molar-refractivity contribution in [1.82, 2.24) is 0 Å². The van der Waals surface area contributed by atoms with Gasteiger partial charge in [-0.3, -0.25) is 0 Å². The van der Waals surface area contributed by atoms with E-state index in [0.29, 0.717) is 17.7 Å². The maximum Gasteiger partial charge on any atom is 0.335 e. The second-order valence-corrected chi connectivity index (χ2v) is 6.04. The summed E-state index contributed by atoms with van der Waals surface area (Å²) in [6.45, 7) is 7.29. The zero-order valence-electron chi connectivity index (χ0n) is 13.8. The Morgan fingerprint density at radius 2 is 1.95 bits per heavy atom. The molecule has 0 amide bonds. The smallest absolute Gasteiger partial charge is 0.335 e. The highest BCUT2D eigenvalue weighted by atomic mass is 16.5. The van der Waals surface area contributed by atoms with Gasteiger partial charge >= 0.3 is 5.97 Å². The summed E-state index contributed by atoms with van der Waals surface area (Å²) in [5.41, 5.74) is 1.81. The van der Waals surface area contributed by atoms with Crippen LogP contribution < -0.4 is 4.74 Å². The van der Waals surface area contributed by atoms with Gasteiger partial charge in [0, 0.05) is 5.56 Å². The number of methoxy groups -OCH3 is 1. The number of hydrogen-bond donors (Lipinski definition) is 2. The molecular formula is C18H24O4. The van der Waals surface area contributed by atoms with Crippen molar-refractivity contribution in [2.45, 2.75) is 39.7 Å². The van der Waals surface area contributed by atoms with Crippen molar-refractivity contribution in [2.75, 3.05) is 7.11 Å². The molecule has 1 aromatic rings. The van der Waals surface area contributed by atoms with Gasteiger partial charge in [0.05, 0.1) is 18.3 Å². The summed E-state index contributed by atoms with van der Waals surface area (Å²) >= 11 is 0. The third-order valence-electron chi connectivity index (χ3n) is 3.05. The largest absolute Gasteiger partial charge is 0.496 e. The Morgan fingerprint density at radius 3 is 2.41 bits per heavy atom. The number of carboxylic acid groups (broad SMARTS) is 1. The predicted octanol–water partition coefficient (Wildman–Crippen LogP) is 3.69. The lowest BCUT2D eigenvalue weighted by Crippen LogP contribution is -2.13. The van der Waals surface area contributed by atoms with E-state index in [0.717, 1.165) is 11.1 Å². The quantitative estimate of drug-likeness (QED) is 0.787. The zero-order chi connectivity index (χ0) is 16.9. The van der Waals surface area contributed by atoms with Gasteiger partial charge in [-0.15, -0.1) is 0 Å². The fourth-order valence-electron chi connectivity index (χ4n) is 1.97. The Labute approximate surface area is 131 Å². The standard InChI is InChI=1S/C18H24O4/c1-12(2)6-7-13-10-15(17(19)20)11-14(16(13)22-5)8-9-18(3,4)21/h6,8-11,21H,7H2,1-5H3,(H,19,20). The lowest BCUT2D eigenvalue weighted by atomic mass is 9.99. The third kappa shape index (κ3) is 5.37. The van der Waals surface area contributed by atoms with E-state index in [1.54, 1.807) is 45.2 Å². The van der Waals surface area contributed by atoms with Crippen LogP contribution in [0.4, 0.5) is 0 Å². The first-order chi connectivity index (χ1) is 10.1. The monoisotopic (exact) mass is 304 g/mol. The molecule has 0 bridgehead atoms. The second kappa shape index (κ2) is 7.27. The Hall–Kier alpha value is -2.07. The zero-order valence-corrected chi connectivity index (χ0v) is 13.8. The molecule has 0 saturated heterocycles. The number of benzene rings is 1. The Kier molecular flexibility index (Phi) is 5.94. The first-order valence-electron chi connectivity index (χ1n) is 7.13. The molecule has 0 aromatic heterocycles. The minimum absolute atomic E-state index is 0.202. The molecule has 0 atom stereocenters. The van der Waals surface area contributed by atoms with Gasteiger partial charge in [0.1, 0.15) is 5.75 Å². The maximum atomic E-state index is 11.3. The number of aromatic carboxylic acids is 1. The van der Waals surface area contributed by atoms with Crippen LogP contribution in [0.15, 0.2) is 29.9 Å². The molecular weight excluding hydrogens is 280 g/mol. The van der Waals surface area contributed by atoms with Crippen LogP contribution in [0.2, 0.25) is 0 Å². The highest BCUT2D eigenvalue weighted by Crippen LogP contribution is 2.29. The summed E-state index contributed by atoms with van der Waals surface area (Å²) in [5.74, 6) is -0.359. The highest BCUT2D eigenvalue weighted by Gasteiger charge is 2.14. The first kappa shape index (κ1) is 18.0. The molecule has 4 nitrogen and oxygen atoms in total. The number of rotatable bonds is 6. The van der Waals surface area contributed by atoms with Gasteiger partial charge in [-0.1, -0.05) is 23.8 Å². The van der Waals surface area contributed by atoms with Crippen molar-refractivity contribution >= 4 is 12.0 Å². The Morgan fingerprint density at radius 1 is 1.32 bits per heavy atom. The van der Waals surface area contributed by atoms with Crippen LogP contribution >= 0.6 is 0 Å². The van der Waals surface area contributed by atoms with Crippen molar-refractivity contribution in [3.8, 4) is 5.75 Å². The molecule has 0 aliphatic rings. The normalized spacial score (nSPS) is 11.5. The molecule has 0 heterocycles. The van der Waals surface area contributed by atoms with E-state index in [1.807, 2.05) is 19.9 Å². The number of carboxylic acids is 1. The predicted molar refractivity (Wildman–Crippen MR) is 88.4 cm³/mol. The molecule has 0 unspecified atom stereocenters. The van der Waals surface area contributed by atoms with Crippen LogP contribution in [0.3, 0.4) is 0 Å². The average molecular weight is 304 g/mol. The van der Waals surface area contributed by atoms with Crippen molar-refractivity contribution in [3.05, 3.63) is 46.5 Å². The van der Waals surface area contributed by atoms with E-state index >= 15 is 0 Å². The summed E-state index contributed by atoms with van der Waals surface area (Å²) < 4.78 is 5.45. The summed E-state index contributed by atoms with van der Waals surface area (Å²) in [7, 11) is 1.56. The fraction of sp³-hybridized carbons (Fsp3) is 0.389. The molecule has 0 spiro atoms. The molecule has 1 rings (SSSR count). The molecule has 1 aromatic carbocycles. The molecule has 0 aliphatic carbocycles. The van der Waals surface area contributed by atoms with Crippen molar-refractivity contribution in [1.29, 1.82) is 0 Å². The lowest BCUT2D eigenvalue weighted by molar-refractivity contribution is 0.0696. The van der Waals surface area contributed by atoms with Gasteiger partial charge in [-0.25, -0.2) is 4.79 Å². The maximum absolute atomic E-state index is 11.3. The SMILES string of the molecule is COc1c(C=CC(C)(C)O)cc(C(=O)O)cc1CC=C(C)C. The van der Waals surface area contributed by atoms with Crippen molar-refractivity contribution in [3.63, 3.8) is 0 Å². The molecule has 22 heavy (non-hydrogen) atoms. The number of ether oxygens (including phenoxy) is 1. The van der Waals surface area contributed by atoms with E-state index in [1.165, 1.54) is 0 Å².